The molecule has 0 fully saturated rings. The lowest BCUT2D eigenvalue weighted by Gasteiger charge is -2.15. The van der Waals surface area contributed by atoms with Gasteiger partial charge in [-0.2, -0.15) is 0 Å². The number of carbonyl (C=O) groups is 1. The number of rotatable bonds is 4. The number of benzene rings is 1. The summed E-state index contributed by atoms with van der Waals surface area (Å²) in [6.45, 7) is 1.72. The smallest absolute Gasteiger partial charge is 0.309 e. The summed E-state index contributed by atoms with van der Waals surface area (Å²) in [5.74, 6) is -4.70. The van der Waals surface area contributed by atoms with Gasteiger partial charge in [-0.15, -0.1) is 0 Å². The SMILES string of the molecule is Cc1ccc(Br)cc1CC(F)(F)CC(=O)O. The molecule has 0 heterocycles. The Morgan fingerprint density at radius 3 is 2.69 bits per heavy atom. The summed E-state index contributed by atoms with van der Waals surface area (Å²) in [6, 6.07) is 5.07. The molecule has 0 spiro atoms. The molecule has 16 heavy (non-hydrogen) atoms. The number of halogens is 3. The number of carboxylic acid groups (broad SMARTS) is 1. The molecule has 0 saturated carbocycles. The molecule has 0 aliphatic carbocycles. The highest BCUT2D eigenvalue weighted by atomic mass is 79.9. The van der Waals surface area contributed by atoms with Crippen LogP contribution in [0, 0.1) is 6.92 Å². The van der Waals surface area contributed by atoms with Gasteiger partial charge in [-0.25, -0.2) is 8.78 Å². The molecule has 0 aliphatic heterocycles. The third kappa shape index (κ3) is 3.89. The number of hydrogen-bond donors (Lipinski definition) is 1. The van der Waals surface area contributed by atoms with Crippen LogP contribution in [-0.4, -0.2) is 17.0 Å². The van der Waals surface area contributed by atoms with Gasteiger partial charge in [-0.1, -0.05) is 22.0 Å². The van der Waals surface area contributed by atoms with Crippen LogP contribution in [0.5, 0.6) is 0 Å². The van der Waals surface area contributed by atoms with E-state index in [1.54, 1.807) is 25.1 Å². The first-order valence-electron chi connectivity index (χ1n) is 4.65. The van der Waals surface area contributed by atoms with E-state index in [0.29, 0.717) is 10.0 Å². The molecule has 0 unspecified atom stereocenters. The Balaban J connectivity index is 2.86. The van der Waals surface area contributed by atoms with Gasteiger partial charge in [0.05, 0.1) is 0 Å². The fourth-order valence-corrected chi connectivity index (χ4v) is 1.80. The Kier molecular flexibility index (Phi) is 4.02. The van der Waals surface area contributed by atoms with Crippen LogP contribution in [0.25, 0.3) is 0 Å². The normalized spacial score (nSPS) is 11.5. The predicted octanol–water partition coefficient (Wildman–Crippen LogP) is 3.41. The second-order valence-electron chi connectivity index (χ2n) is 3.67. The Labute approximate surface area is 100 Å². The van der Waals surface area contributed by atoms with E-state index >= 15 is 0 Å². The van der Waals surface area contributed by atoms with Crippen LogP contribution < -0.4 is 0 Å². The maximum absolute atomic E-state index is 13.3. The lowest BCUT2D eigenvalue weighted by molar-refractivity contribution is -0.144. The first-order chi connectivity index (χ1) is 7.30. The Morgan fingerprint density at radius 2 is 2.12 bits per heavy atom. The number of carboxylic acids is 1. The highest BCUT2D eigenvalue weighted by Gasteiger charge is 2.32. The molecule has 0 bridgehead atoms. The first-order valence-corrected chi connectivity index (χ1v) is 5.44. The van der Waals surface area contributed by atoms with E-state index < -0.39 is 24.7 Å². The summed E-state index contributed by atoms with van der Waals surface area (Å²) in [4.78, 5) is 10.3. The molecule has 0 aromatic heterocycles. The van der Waals surface area contributed by atoms with Crippen molar-refractivity contribution in [3.05, 3.63) is 33.8 Å². The molecule has 0 saturated heterocycles. The summed E-state index contributed by atoms with van der Waals surface area (Å²) in [7, 11) is 0. The Hall–Kier alpha value is -0.970. The van der Waals surface area contributed by atoms with Gasteiger partial charge in [0.1, 0.15) is 6.42 Å². The van der Waals surface area contributed by atoms with E-state index in [1.807, 2.05) is 0 Å². The molecular weight excluding hydrogens is 282 g/mol. The van der Waals surface area contributed by atoms with Crippen molar-refractivity contribution in [1.29, 1.82) is 0 Å². The summed E-state index contributed by atoms with van der Waals surface area (Å²) < 4.78 is 27.3. The van der Waals surface area contributed by atoms with E-state index in [-0.39, 0.29) is 0 Å². The largest absolute Gasteiger partial charge is 0.481 e. The van der Waals surface area contributed by atoms with Gasteiger partial charge in [0, 0.05) is 10.9 Å². The maximum atomic E-state index is 13.3. The quantitative estimate of drug-likeness (QED) is 0.923. The summed E-state index contributed by atoms with van der Waals surface area (Å²) in [5.41, 5.74) is 1.19. The Morgan fingerprint density at radius 1 is 1.50 bits per heavy atom. The number of aryl methyl sites for hydroxylation is 1. The second kappa shape index (κ2) is 4.91. The minimum Gasteiger partial charge on any atom is -0.481 e. The van der Waals surface area contributed by atoms with Crippen LogP contribution >= 0.6 is 15.9 Å². The Bertz CT molecular complexity index is 405. The lowest BCUT2D eigenvalue weighted by Crippen LogP contribution is -2.24. The highest BCUT2D eigenvalue weighted by Crippen LogP contribution is 2.27. The average molecular weight is 293 g/mol. The van der Waals surface area contributed by atoms with Crippen molar-refractivity contribution in [2.24, 2.45) is 0 Å². The van der Waals surface area contributed by atoms with Gasteiger partial charge in [0.25, 0.3) is 5.92 Å². The summed E-state index contributed by atoms with van der Waals surface area (Å²) in [5, 5.41) is 8.36. The molecule has 2 nitrogen and oxygen atoms in total. The average Bonchev–Trinajstić information content (AvgIpc) is 2.08. The number of alkyl halides is 2. The van der Waals surface area contributed by atoms with Gasteiger partial charge >= 0.3 is 5.97 Å². The molecule has 0 radical (unpaired) electrons. The minimum absolute atomic E-state index is 0.459. The summed E-state index contributed by atoms with van der Waals surface area (Å²) in [6.07, 6.45) is -1.69. The lowest BCUT2D eigenvalue weighted by atomic mass is 10.0. The van der Waals surface area contributed by atoms with Crippen molar-refractivity contribution in [2.75, 3.05) is 0 Å². The standard InChI is InChI=1S/C11H11BrF2O2/c1-7-2-3-9(12)4-8(7)5-11(13,14)6-10(15)16/h2-4H,5-6H2,1H3,(H,15,16). The van der Waals surface area contributed by atoms with Gasteiger partial charge < -0.3 is 5.11 Å². The van der Waals surface area contributed by atoms with Gasteiger partial charge in [0.2, 0.25) is 0 Å². The zero-order valence-corrected chi connectivity index (χ0v) is 10.2. The molecular formula is C11H11BrF2O2. The third-order valence-corrected chi connectivity index (χ3v) is 2.66. The van der Waals surface area contributed by atoms with E-state index in [1.165, 1.54) is 0 Å². The van der Waals surface area contributed by atoms with Gasteiger partial charge in [-0.05, 0) is 30.2 Å². The maximum Gasteiger partial charge on any atom is 0.309 e. The summed E-state index contributed by atoms with van der Waals surface area (Å²) >= 11 is 3.19. The number of hydrogen-bond acceptors (Lipinski definition) is 1. The highest BCUT2D eigenvalue weighted by molar-refractivity contribution is 9.10. The van der Waals surface area contributed by atoms with Crippen molar-refractivity contribution < 1.29 is 18.7 Å². The van der Waals surface area contributed by atoms with Crippen LogP contribution in [0.4, 0.5) is 8.78 Å². The van der Waals surface area contributed by atoms with E-state index in [9.17, 15) is 13.6 Å². The van der Waals surface area contributed by atoms with Crippen LogP contribution in [-0.2, 0) is 11.2 Å². The van der Waals surface area contributed by atoms with Crippen LogP contribution in [0.1, 0.15) is 17.5 Å². The third-order valence-electron chi connectivity index (χ3n) is 2.17. The zero-order valence-electron chi connectivity index (χ0n) is 8.64. The van der Waals surface area contributed by atoms with Crippen molar-refractivity contribution in [2.45, 2.75) is 25.7 Å². The molecule has 0 amide bonds. The van der Waals surface area contributed by atoms with Crippen molar-refractivity contribution in [1.82, 2.24) is 0 Å². The molecule has 0 aliphatic rings. The van der Waals surface area contributed by atoms with Crippen molar-refractivity contribution in [3.63, 3.8) is 0 Å². The molecule has 1 N–H and O–H groups in total. The zero-order chi connectivity index (χ0) is 12.3. The van der Waals surface area contributed by atoms with Crippen LogP contribution in [0.3, 0.4) is 0 Å². The van der Waals surface area contributed by atoms with Gasteiger partial charge in [-0.3, -0.25) is 4.79 Å². The first kappa shape index (κ1) is 13.1. The van der Waals surface area contributed by atoms with Crippen molar-refractivity contribution >= 4 is 21.9 Å². The molecule has 5 heteroatoms. The predicted molar refractivity (Wildman–Crippen MR) is 59.8 cm³/mol. The molecule has 1 aromatic carbocycles. The molecule has 1 rings (SSSR count). The van der Waals surface area contributed by atoms with E-state index in [0.717, 1.165) is 5.56 Å². The topological polar surface area (TPSA) is 37.3 Å². The molecule has 1 aromatic rings. The van der Waals surface area contributed by atoms with Crippen LogP contribution in [0.2, 0.25) is 0 Å². The monoisotopic (exact) mass is 292 g/mol. The van der Waals surface area contributed by atoms with Crippen molar-refractivity contribution in [3.8, 4) is 0 Å². The van der Waals surface area contributed by atoms with E-state index in [4.69, 9.17) is 5.11 Å². The fourth-order valence-electron chi connectivity index (χ4n) is 1.39. The van der Waals surface area contributed by atoms with E-state index in [2.05, 4.69) is 15.9 Å². The molecule has 0 atom stereocenters. The minimum atomic E-state index is -3.21. The number of aliphatic carboxylic acids is 1. The fraction of sp³-hybridized carbons (Fsp3) is 0.364. The van der Waals surface area contributed by atoms with Gasteiger partial charge in [0.15, 0.2) is 0 Å². The second-order valence-corrected chi connectivity index (χ2v) is 4.59. The molecule has 88 valence electrons. The van der Waals surface area contributed by atoms with Crippen LogP contribution in [0.15, 0.2) is 22.7 Å².